The van der Waals surface area contributed by atoms with E-state index < -0.39 is 16.1 Å². The summed E-state index contributed by atoms with van der Waals surface area (Å²) in [6, 6.07) is 5.64. The Bertz CT molecular complexity index is 603. The van der Waals surface area contributed by atoms with Crippen LogP contribution in [0, 0.1) is 0 Å². The van der Waals surface area contributed by atoms with Crippen molar-refractivity contribution in [2.45, 2.75) is 30.2 Å². The first-order chi connectivity index (χ1) is 9.48. The summed E-state index contributed by atoms with van der Waals surface area (Å²) >= 11 is 5.98. The molecule has 2 rings (SSSR count). The van der Waals surface area contributed by atoms with Crippen molar-refractivity contribution in [2.24, 2.45) is 0 Å². The number of carbonyl (C=O) groups is 1. The zero-order chi connectivity index (χ0) is 14.8. The number of halogens is 1. The molecule has 1 atom stereocenters. The Morgan fingerprint density at radius 1 is 1.35 bits per heavy atom. The summed E-state index contributed by atoms with van der Waals surface area (Å²) in [6.45, 7) is 0.339. The SMILES string of the molecule is CNC(=O)C1CCCCN1S(=O)(=O)c1ccccc1Cl. The van der Waals surface area contributed by atoms with Crippen LogP contribution >= 0.6 is 11.6 Å². The molecule has 1 aliphatic heterocycles. The Morgan fingerprint density at radius 3 is 2.70 bits per heavy atom. The standard InChI is InChI=1S/C13H17ClN2O3S/c1-15-13(17)11-7-4-5-9-16(11)20(18,19)12-8-3-2-6-10(12)14/h2-3,6,8,11H,4-5,7,9H2,1H3,(H,15,17). The lowest BCUT2D eigenvalue weighted by atomic mass is 10.0. The smallest absolute Gasteiger partial charge is 0.245 e. The monoisotopic (exact) mass is 316 g/mol. The van der Waals surface area contributed by atoms with Gasteiger partial charge in [0.05, 0.1) is 5.02 Å². The molecule has 5 nitrogen and oxygen atoms in total. The molecule has 0 aromatic heterocycles. The number of benzene rings is 1. The molecule has 20 heavy (non-hydrogen) atoms. The number of nitrogens with zero attached hydrogens (tertiary/aromatic N) is 1. The largest absolute Gasteiger partial charge is 0.358 e. The summed E-state index contributed by atoms with van der Waals surface area (Å²) in [5.41, 5.74) is 0. The molecule has 1 aliphatic rings. The third-order valence-electron chi connectivity index (χ3n) is 3.43. The fraction of sp³-hybridized carbons (Fsp3) is 0.462. The molecule has 0 aliphatic carbocycles. The van der Waals surface area contributed by atoms with E-state index in [0.717, 1.165) is 12.8 Å². The fourth-order valence-corrected chi connectivity index (χ4v) is 4.55. The van der Waals surface area contributed by atoms with Gasteiger partial charge in [-0.05, 0) is 25.0 Å². The van der Waals surface area contributed by atoms with Gasteiger partial charge in [-0.2, -0.15) is 4.31 Å². The van der Waals surface area contributed by atoms with E-state index in [9.17, 15) is 13.2 Å². The minimum absolute atomic E-state index is 0.0532. The molecule has 1 fully saturated rings. The van der Waals surface area contributed by atoms with Gasteiger partial charge in [-0.25, -0.2) is 8.42 Å². The van der Waals surface area contributed by atoms with E-state index in [1.807, 2.05) is 0 Å². The number of likely N-dealkylation sites (N-methyl/N-ethyl adjacent to an activating group) is 1. The molecule has 1 aromatic rings. The van der Waals surface area contributed by atoms with E-state index in [4.69, 9.17) is 11.6 Å². The number of rotatable bonds is 3. The lowest BCUT2D eigenvalue weighted by Gasteiger charge is -2.33. The van der Waals surface area contributed by atoms with Crippen LogP contribution < -0.4 is 5.32 Å². The van der Waals surface area contributed by atoms with Crippen LogP contribution in [0.1, 0.15) is 19.3 Å². The van der Waals surface area contributed by atoms with Crippen molar-refractivity contribution in [1.29, 1.82) is 0 Å². The predicted molar refractivity (Wildman–Crippen MR) is 77.0 cm³/mol. The molecule has 1 aromatic carbocycles. The van der Waals surface area contributed by atoms with Crippen LogP contribution in [0.3, 0.4) is 0 Å². The first-order valence-corrected chi connectivity index (χ1v) is 8.28. The van der Waals surface area contributed by atoms with E-state index in [-0.39, 0.29) is 15.8 Å². The Morgan fingerprint density at radius 2 is 2.05 bits per heavy atom. The quantitative estimate of drug-likeness (QED) is 0.921. The normalized spacial score (nSPS) is 20.6. The van der Waals surface area contributed by atoms with E-state index >= 15 is 0 Å². The van der Waals surface area contributed by atoms with Crippen molar-refractivity contribution in [3.05, 3.63) is 29.3 Å². The molecule has 1 saturated heterocycles. The van der Waals surface area contributed by atoms with Crippen LogP contribution in [-0.4, -0.2) is 38.3 Å². The van der Waals surface area contributed by atoms with Gasteiger partial charge in [0.15, 0.2) is 0 Å². The van der Waals surface area contributed by atoms with E-state index in [0.29, 0.717) is 13.0 Å². The third-order valence-corrected chi connectivity index (χ3v) is 5.83. The van der Waals surface area contributed by atoms with Crippen molar-refractivity contribution in [3.63, 3.8) is 0 Å². The molecule has 1 amide bonds. The van der Waals surface area contributed by atoms with Gasteiger partial charge in [-0.3, -0.25) is 4.79 Å². The van der Waals surface area contributed by atoms with Crippen molar-refractivity contribution in [1.82, 2.24) is 9.62 Å². The summed E-state index contributed by atoms with van der Waals surface area (Å²) in [7, 11) is -2.25. The zero-order valence-electron chi connectivity index (χ0n) is 11.2. The molecular weight excluding hydrogens is 300 g/mol. The third kappa shape index (κ3) is 2.82. The molecule has 110 valence electrons. The van der Waals surface area contributed by atoms with Crippen molar-refractivity contribution < 1.29 is 13.2 Å². The molecule has 0 spiro atoms. The van der Waals surface area contributed by atoms with Gasteiger partial charge in [-0.15, -0.1) is 0 Å². The predicted octanol–water partition coefficient (Wildman–Crippen LogP) is 1.63. The fourth-order valence-electron chi connectivity index (χ4n) is 2.40. The maximum Gasteiger partial charge on any atom is 0.245 e. The first kappa shape index (κ1) is 15.3. The number of piperidine rings is 1. The van der Waals surface area contributed by atoms with Crippen LogP contribution in [0.15, 0.2) is 29.2 Å². The molecular formula is C13H17ClN2O3S. The molecule has 1 heterocycles. The summed E-state index contributed by atoms with van der Waals surface area (Å²) in [5.74, 6) is -0.277. The van der Waals surface area contributed by atoms with Crippen LogP contribution in [0.4, 0.5) is 0 Å². The van der Waals surface area contributed by atoms with E-state index in [1.54, 1.807) is 12.1 Å². The lowest BCUT2D eigenvalue weighted by Crippen LogP contribution is -2.51. The Labute approximate surface area is 124 Å². The molecule has 0 saturated carbocycles. The second kappa shape index (κ2) is 6.11. The highest BCUT2D eigenvalue weighted by molar-refractivity contribution is 7.89. The van der Waals surface area contributed by atoms with Crippen molar-refractivity contribution in [2.75, 3.05) is 13.6 Å². The van der Waals surface area contributed by atoms with Gasteiger partial charge in [0.2, 0.25) is 15.9 Å². The topological polar surface area (TPSA) is 66.5 Å². The maximum absolute atomic E-state index is 12.7. The molecule has 1 N–H and O–H groups in total. The average Bonchev–Trinajstić information content (AvgIpc) is 2.46. The van der Waals surface area contributed by atoms with Crippen LogP contribution in [-0.2, 0) is 14.8 Å². The van der Waals surface area contributed by atoms with Gasteiger partial charge in [0.25, 0.3) is 0 Å². The molecule has 0 radical (unpaired) electrons. The highest BCUT2D eigenvalue weighted by Gasteiger charge is 2.37. The summed E-state index contributed by atoms with van der Waals surface area (Å²) in [6.07, 6.45) is 2.12. The van der Waals surface area contributed by atoms with Gasteiger partial charge >= 0.3 is 0 Å². The first-order valence-electron chi connectivity index (χ1n) is 6.46. The van der Waals surface area contributed by atoms with E-state index in [1.165, 1.54) is 23.5 Å². The van der Waals surface area contributed by atoms with E-state index in [2.05, 4.69) is 5.32 Å². The highest BCUT2D eigenvalue weighted by Crippen LogP contribution is 2.29. The number of nitrogens with one attached hydrogen (secondary N) is 1. The molecule has 0 bridgehead atoms. The van der Waals surface area contributed by atoms with Crippen molar-refractivity contribution in [3.8, 4) is 0 Å². The van der Waals surface area contributed by atoms with Crippen LogP contribution in [0.2, 0.25) is 5.02 Å². The van der Waals surface area contributed by atoms with Gasteiger partial charge in [0.1, 0.15) is 10.9 Å². The number of carbonyl (C=O) groups excluding carboxylic acids is 1. The second-order valence-corrected chi connectivity index (χ2v) is 6.94. The lowest BCUT2D eigenvalue weighted by molar-refractivity contribution is -0.125. The Kier molecular flexibility index (Phi) is 4.67. The highest BCUT2D eigenvalue weighted by atomic mass is 35.5. The number of amides is 1. The number of sulfonamides is 1. The summed E-state index contributed by atoms with van der Waals surface area (Å²) in [4.78, 5) is 11.9. The number of hydrogen-bond acceptors (Lipinski definition) is 3. The van der Waals surface area contributed by atoms with Crippen LogP contribution in [0.25, 0.3) is 0 Å². The summed E-state index contributed by atoms with van der Waals surface area (Å²) in [5, 5.41) is 2.70. The van der Waals surface area contributed by atoms with Gasteiger partial charge in [-0.1, -0.05) is 30.2 Å². The maximum atomic E-state index is 12.7. The minimum atomic E-state index is -3.76. The zero-order valence-corrected chi connectivity index (χ0v) is 12.7. The Hall–Kier alpha value is -1.11. The summed E-state index contributed by atoms with van der Waals surface area (Å²) < 4.78 is 26.7. The average molecular weight is 317 g/mol. The Balaban J connectivity index is 2.41. The molecule has 1 unspecified atom stereocenters. The minimum Gasteiger partial charge on any atom is -0.358 e. The van der Waals surface area contributed by atoms with Gasteiger partial charge in [0, 0.05) is 13.6 Å². The number of hydrogen-bond donors (Lipinski definition) is 1. The van der Waals surface area contributed by atoms with Crippen LogP contribution in [0.5, 0.6) is 0 Å². The van der Waals surface area contributed by atoms with Gasteiger partial charge < -0.3 is 5.32 Å². The second-order valence-electron chi connectivity index (χ2n) is 4.67. The molecule has 7 heteroatoms. The van der Waals surface area contributed by atoms with Crippen molar-refractivity contribution >= 4 is 27.5 Å².